The molecule has 42 heavy (non-hydrogen) atoms. The van der Waals surface area contributed by atoms with Gasteiger partial charge in [-0.25, -0.2) is 4.98 Å². The van der Waals surface area contributed by atoms with Crippen LogP contribution in [0.15, 0.2) is 53.1 Å². The smallest absolute Gasteiger partial charge is 0.453 e. The maximum atomic E-state index is 13.0. The van der Waals surface area contributed by atoms with Crippen LogP contribution in [-0.4, -0.2) is 49.6 Å². The number of aryl methyl sites for hydroxylation is 2. The van der Waals surface area contributed by atoms with Crippen LogP contribution in [0.1, 0.15) is 67.7 Å². The normalized spacial score (nSPS) is 19.7. The second-order valence-corrected chi connectivity index (χ2v) is 12.6. The third-order valence-corrected chi connectivity index (χ3v) is 9.25. The molecule has 1 aliphatic heterocycles. The number of rotatable bonds is 13. The molecular weight excluding hydrogens is 581 g/mol. The molecule has 3 atom stereocenters. The largest absolute Gasteiger partial charge is 0.508 e. The molecule has 0 spiro atoms. The summed E-state index contributed by atoms with van der Waals surface area (Å²) in [6.45, 7) is 2.48. The molecule has 0 saturated carbocycles. The van der Waals surface area contributed by atoms with Crippen LogP contribution in [0.3, 0.4) is 0 Å². The van der Waals surface area contributed by atoms with E-state index in [1.54, 1.807) is 30.5 Å². The van der Waals surface area contributed by atoms with Crippen LogP contribution in [0, 0.1) is 0 Å². The van der Waals surface area contributed by atoms with Crippen molar-refractivity contribution in [1.29, 1.82) is 0 Å². The molecule has 230 valence electrons. The van der Waals surface area contributed by atoms with Gasteiger partial charge in [0.15, 0.2) is 5.89 Å². The number of phenols is 2. The SMILES string of the molecule is CC1(c2ccc(O)cc2)COc2cc(O)ccc2C1CCc1ncc(CCCCS(=O)CCCC(F)(F)C(F)(F)F)o1. The highest BCUT2D eigenvalue weighted by atomic mass is 32.2. The van der Waals surface area contributed by atoms with E-state index in [1.165, 1.54) is 0 Å². The van der Waals surface area contributed by atoms with Gasteiger partial charge in [0.05, 0.1) is 12.8 Å². The van der Waals surface area contributed by atoms with Crippen molar-refractivity contribution in [3.63, 3.8) is 0 Å². The Hall–Kier alpha value is -3.15. The molecule has 0 saturated heterocycles. The zero-order valence-electron chi connectivity index (χ0n) is 23.1. The second kappa shape index (κ2) is 13.0. The fraction of sp³-hybridized carbons (Fsp3) is 0.500. The molecule has 6 nitrogen and oxygen atoms in total. The van der Waals surface area contributed by atoms with Crippen LogP contribution in [0.25, 0.3) is 0 Å². The van der Waals surface area contributed by atoms with Gasteiger partial charge < -0.3 is 19.4 Å². The van der Waals surface area contributed by atoms with Gasteiger partial charge in [0.1, 0.15) is 23.0 Å². The lowest BCUT2D eigenvalue weighted by atomic mass is 9.66. The summed E-state index contributed by atoms with van der Waals surface area (Å²) in [5.74, 6) is -2.64. The van der Waals surface area contributed by atoms with E-state index < -0.39 is 41.2 Å². The highest BCUT2D eigenvalue weighted by Crippen LogP contribution is 2.49. The summed E-state index contributed by atoms with van der Waals surface area (Å²) in [6.07, 6.45) is -2.92. The minimum atomic E-state index is -5.59. The van der Waals surface area contributed by atoms with Crippen LogP contribution < -0.4 is 4.74 Å². The van der Waals surface area contributed by atoms with Crippen molar-refractivity contribution in [2.45, 2.75) is 75.3 Å². The van der Waals surface area contributed by atoms with Gasteiger partial charge in [0.25, 0.3) is 0 Å². The number of oxazole rings is 1. The fourth-order valence-corrected chi connectivity index (χ4v) is 6.51. The maximum Gasteiger partial charge on any atom is 0.453 e. The lowest BCUT2D eigenvalue weighted by Crippen LogP contribution is -2.40. The second-order valence-electron chi connectivity index (χ2n) is 10.9. The molecule has 4 rings (SSSR count). The molecule has 0 amide bonds. The average molecular weight is 616 g/mol. The molecular formula is C30H34F5NO5S. The third kappa shape index (κ3) is 7.62. The quantitative estimate of drug-likeness (QED) is 0.156. The predicted molar refractivity (Wildman–Crippen MR) is 148 cm³/mol. The van der Waals surface area contributed by atoms with Crippen LogP contribution in [0.4, 0.5) is 22.0 Å². The van der Waals surface area contributed by atoms with Crippen molar-refractivity contribution in [3.05, 3.63) is 71.4 Å². The summed E-state index contributed by atoms with van der Waals surface area (Å²) in [5, 5.41) is 19.7. The Labute approximate surface area is 243 Å². The Morgan fingerprint density at radius 2 is 1.67 bits per heavy atom. The summed E-state index contributed by atoms with van der Waals surface area (Å²) < 4.78 is 86.7. The van der Waals surface area contributed by atoms with Gasteiger partial charge in [-0.1, -0.05) is 25.1 Å². The van der Waals surface area contributed by atoms with Gasteiger partial charge in [0.2, 0.25) is 0 Å². The molecule has 12 heteroatoms. The number of aromatic nitrogens is 1. The number of halogens is 5. The number of hydrogen-bond acceptors (Lipinski definition) is 6. The summed E-state index contributed by atoms with van der Waals surface area (Å²) in [6, 6.07) is 12.1. The molecule has 3 unspecified atom stereocenters. The number of alkyl halides is 5. The predicted octanol–water partition coefficient (Wildman–Crippen LogP) is 7.20. The first-order valence-electron chi connectivity index (χ1n) is 13.8. The first kappa shape index (κ1) is 31.8. The minimum Gasteiger partial charge on any atom is -0.508 e. The van der Waals surface area contributed by atoms with Gasteiger partial charge in [-0.2, -0.15) is 22.0 Å². The molecule has 2 N–H and O–H groups in total. The van der Waals surface area contributed by atoms with E-state index in [2.05, 4.69) is 11.9 Å². The number of fused-ring (bicyclic) bond motifs is 1. The molecule has 1 aromatic heterocycles. The number of phenolic OH excluding ortho intramolecular Hbond substituents is 2. The molecule has 2 aromatic carbocycles. The van der Waals surface area contributed by atoms with Crippen molar-refractivity contribution >= 4 is 10.8 Å². The van der Waals surface area contributed by atoms with Crippen molar-refractivity contribution in [3.8, 4) is 17.2 Å². The summed E-state index contributed by atoms with van der Waals surface area (Å²) in [7, 11) is -1.47. The summed E-state index contributed by atoms with van der Waals surface area (Å²) >= 11 is 0. The lowest BCUT2D eigenvalue weighted by Gasteiger charge is -2.43. The van der Waals surface area contributed by atoms with Gasteiger partial charge in [-0.3, -0.25) is 4.21 Å². The Kier molecular flexibility index (Phi) is 9.84. The van der Waals surface area contributed by atoms with Crippen molar-refractivity contribution in [2.24, 2.45) is 0 Å². The average Bonchev–Trinajstić information content (AvgIpc) is 3.38. The number of unbranched alkanes of at least 4 members (excludes halogenated alkanes) is 1. The van der Waals surface area contributed by atoms with Gasteiger partial charge in [0, 0.05) is 59.0 Å². The van der Waals surface area contributed by atoms with E-state index >= 15 is 0 Å². The van der Waals surface area contributed by atoms with Gasteiger partial charge >= 0.3 is 12.1 Å². The van der Waals surface area contributed by atoms with Crippen LogP contribution in [-0.2, 0) is 29.1 Å². The zero-order chi connectivity index (χ0) is 30.5. The molecule has 3 aromatic rings. The minimum absolute atomic E-state index is 0.00666. The van der Waals surface area contributed by atoms with Crippen LogP contribution >= 0.6 is 0 Å². The molecule has 0 fully saturated rings. The van der Waals surface area contributed by atoms with Gasteiger partial charge in [-0.05, 0) is 55.0 Å². The molecule has 0 bridgehead atoms. The zero-order valence-corrected chi connectivity index (χ0v) is 23.9. The number of aromatic hydroxyl groups is 2. The topological polar surface area (TPSA) is 92.8 Å². The Morgan fingerprint density at radius 1 is 0.976 bits per heavy atom. The number of ether oxygens (including phenoxy) is 1. The standard InChI is InChI=1S/C30H34F5NO5S/c1-28(20-6-8-21(37)9-7-20)19-40-26-17-22(38)10-11-24(26)25(28)12-13-27-36-18-23(41-27)5-2-3-15-42(39)16-4-14-29(31,32)30(33,34)35/h6-11,17-18,25,37-38H,2-5,12-16,19H2,1H3. The molecule has 0 aliphatic carbocycles. The van der Waals surface area contributed by atoms with E-state index in [0.717, 1.165) is 11.1 Å². The van der Waals surface area contributed by atoms with Crippen molar-refractivity contribution < 1.29 is 45.5 Å². The Balaban J connectivity index is 1.30. The van der Waals surface area contributed by atoms with Crippen molar-refractivity contribution in [2.75, 3.05) is 18.1 Å². The van der Waals surface area contributed by atoms with E-state index in [0.29, 0.717) is 56.1 Å². The summed E-state index contributed by atoms with van der Waals surface area (Å²) in [4.78, 5) is 4.41. The highest BCUT2D eigenvalue weighted by molar-refractivity contribution is 7.84. The lowest BCUT2D eigenvalue weighted by molar-refractivity contribution is -0.284. The highest BCUT2D eigenvalue weighted by Gasteiger charge is 2.56. The first-order chi connectivity index (χ1) is 19.8. The summed E-state index contributed by atoms with van der Waals surface area (Å²) in [5.41, 5.74) is 1.53. The number of hydrogen-bond donors (Lipinski definition) is 2. The fourth-order valence-electron chi connectivity index (χ4n) is 5.32. The van der Waals surface area contributed by atoms with Crippen LogP contribution in [0.5, 0.6) is 17.2 Å². The van der Waals surface area contributed by atoms with E-state index in [9.17, 15) is 36.4 Å². The van der Waals surface area contributed by atoms with E-state index in [1.807, 2.05) is 18.2 Å². The molecule has 0 radical (unpaired) electrons. The number of benzene rings is 2. The van der Waals surface area contributed by atoms with Gasteiger partial charge in [-0.15, -0.1) is 0 Å². The van der Waals surface area contributed by atoms with Crippen molar-refractivity contribution in [1.82, 2.24) is 4.98 Å². The van der Waals surface area contributed by atoms with E-state index in [4.69, 9.17) is 9.15 Å². The van der Waals surface area contributed by atoms with Crippen LogP contribution in [0.2, 0.25) is 0 Å². The Morgan fingerprint density at radius 3 is 2.38 bits per heavy atom. The Bertz CT molecular complexity index is 1360. The third-order valence-electron chi connectivity index (χ3n) is 7.77. The molecule has 1 aliphatic rings. The maximum absolute atomic E-state index is 13.0. The van der Waals surface area contributed by atoms with E-state index in [-0.39, 0.29) is 28.9 Å². The monoisotopic (exact) mass is 615 g/mol. The first-order valence-corrected chi connectivity index (χ1v) is 15.3. The molecule has 2 heterocycles. The number of nitrogens with zero attached hydrogens (tertiary/aromatic N) is 1.